The third-order valence-corrected chi connectivity index (χ3v) is 5.27. The van der Waals surface area contributed by atoms with E-state index in [1.165, 1.54) is 37.3 Å². The highest BCUT2D eigenvalue weighted by molar-refractivity contribution is 5.85. The zero-order valence-electron chi connectivity index (χ0n) is 19.6. The predicted molar refractivity (Wildman–Crippen MR) is 128 cm³/mol. The Balaban J connectivity index is 1.78. The highest BCUT2D eigenvalue weighted by atomic mass is 19.4. The molecule has 0 saturated carbocycles. The molecule has 0 fully saturated rings. The van der Waals surface area contributed by atoms with Crippen LogP contribution in [0.2, 0.25) is 0 Å². The van der Waals surface area contributed by atoms with E-state index >= 15 is 0 Å². The third kappa shape index (κ3) is 4.59. The molecular weight excluding hydrogens is 493 g/mol. The average molecular weight is 512 g/mol. The van der Waals surface area contributed by atoms with Crippen LogP contribution in [0.1, 0.15) is 16.8 Å². The number of hydrogen-bond donors (Lipinski definition) is 3. The van der Waals surface area contributed by atoms with Gasteiger partial charge in [0.05, 0.1) is 11.8 Å². The molecule has 0 bridgehead atoms. The first kappa shape index (κ1) is 25.0. The van der Waals surface area contributed by atoms with Gasteiger partial charge in [0.25, 0.3) is 5.56 Å². The van der Waals surface area contributed by atoms with Gasteiger partial charge in [-0.25, -0.2) is 15.0 Å². The van der Waals surface area contributed by atoms with E-state index in [-0.39, 0.29) is 45.6 Å². The summed E-state index contributed by atoms with van der Waals surface area (Å²) in [5.74, 6) is 0.460. The Labute approximate surface area is 206 Å². The van der Waals surface area contributed by atoms with Crippen molar-refractivity contribution in [3.63, 3.8) is 0 Å². The molecule has 0 aliphatic rings. The molecule has 4 rings (SSSR count). The lowest BCUT2D eigenvalue weighted by atomic mass is 10.2. The number of halogens is 3. The van der Waals surface area contributed by atoms with Gasteiger partial charge in [-0.05, 0) is 6.07 Å². The fraction of sp³-hybridized carbons (Fsp3) is 0.182. The number of pyridine rings is 2. The monoisotopic (exact) mass is 512 g/mol. The van der Waals surface area contributed by atoms with E-state index in [2.05, 4.69) is 30.6 Å². The van der Waals surface area contributed by atoms with E-state index in [0.717, 1.165) is 10.8 Å². The van der Waals surface area contributed by atoms with Crippen LogP contribution in [-0.2, 0) is 20.3 Å². The minimum atomic E-state index is -4.67. The van der Waals surface area contributed by atoms with Crippen molar-refractivity contribution in [2.24, 2.45) is 19.8 Å². The Bertz CT molecular complexity index is 1630. The fourth-order valence-corrected chi connectivity index (χ4v) is 3.51. The normalized spacial score (nSPS) is 11.9. The topological polar surface area (TPSA) is 162 Å². The predicted octanol–water partition coefficient (Wildman–Crippen LogP) is 2.47. The van der Waals surface area contributed by atoms with Gasteiger partial charge in [-0.15, -0.1) is 0 Å². The summed E-state index contributed by atoms with van der Waals surface area (Å²) >= 11 is 0. The molecule has 190 valence electrons. The van der Waals surface area contributed by atoms with Gasteiger partial charge >= 0.3 is 6.18 Å². The van der Waals surface area contributed by atoms with Crippen LogP contribution >= 0.6 is 0 Å². The van der Waals surface area contributed by atoms with E-state index in [1.54, 1.807) is 7.05 Å². The fourth-order valence-electron chi connectivity index (χ4n) is 3.51. The molecule has 15 heteroatoms. The van der Waals surface area contributed by atoms with Crippen molar-refractivity contribution >= 4 is 34.4 Å². The summed E-state index contributed by atoms with van der Waals surface area (Å²) in [6.07, 6.45) is 1.34. The molecule has 0 spiro atoms. The summed E-state index contributed by atoms with van der Waals surface area (Å²) in [6, 6.07) is 2.72. The van der Waals surface area contributed by atoms with Crippen LogP contribution in [0.5, 0.6) is 5.75 Å². The van der Waals surface area contributed by atoms with Gasteiger partial charge in [0.2, 0.25) is 5.95 Å². The zero-order chi connectivity index (χ0) is 26.9. The van der Waals surface area contributed by atoms with E-state index in [9.17, 15) is 23.2 Å². The average Bonchev–Trinajstić information content (AvgIpc) is 3.19. The van der Waals surface area contributed by atoms with Crippen LogP contribution in [0.15, 0.2) is 41.8 Å². The van der Waals surface area contributed by atoms with Gasteiger partial charge in [0, 0.05) is 45.9 Å². The number of nitrogens with one attached hydrogen (secondary N) is 2. The number of hydrogen-bond acceptors (Lipinski definition) is 10. The summed E-state index contributed by atoms with van der Waals surface area (Å²) in [5.41, 5.74) is 4.24. The number of imidazole rings is 1. The molecule has 0 atom stereocenters. The van der Waals surface area contributed by atoms with Crippen molar-refractivity contribution in [1.82, 2.24) is 29.1 Å². The number of fused-ring (bicyclic) bond motifs is 1. The highest BCUT2D eigenvalue weighted by Crippen LogP contribution is 2.33. The Morgan fingerprint density at radius 1 is 1.24 bits per heavy atom. The number of alkyl halides is 3. The maximum atomic E-state index is 13.3. The van der Waals surface area contributed by atoms with Crippen LogP contribution in [0, 0.1) is 11.3 Å². The number of nitrogens with zero attached hydrogens (tertiary/aromatic N) is 7. The van der Waals surface area contributed by atoms with Crippen LogP contribution in [-0.4, -0.2) is 36.1 Å². The van der Waals surface area contributed by atoms with Crippen LogP contribution in [0.3, 0.4) is 0 Å². The lowest BCUT2D eigenvalue weighted by molar-refractivity contribution is -0.138. The van der Waals surface area contributed by atoms with Crippen molar-refractivity contribution in [3.8, 4) is 11.8 Å². The summed E-state index contributed by atoms with van der Waals surface area (Å²) in [4.78, 5) is 29.3. The minimum absolute atomic E-state index is 0.0132. The lowest BCUT2D eigenvalue weighted by Gasteiger charge is -2.13. The molecule has 4 aromatic heterocycles. The molecule has 4 aromatic rings. The molecule has 0 radical (unpaired) electrons. The first-order valence-corrected chi connectivity index (χ1v) is 10.5. The molecule has 4 N–H and O–H groups in total. The maximum Gasteiger partial charge on any atom is 0.417 e. The van der Waals surface area contributed by atoms with E-state index in [4.69, 9.17) is 10.5 Å². The van der Waals surface area contributed by atoms with Gasteiger partial charge in [0.1, 0.15) is 28.5 Å². The molecule has 0 aliphatic carbocycles. The number of nitrogens with two attached hydrogens (primary N) is 1. The van der Waals surface area contributed by atoms with E-state index < -0.39 is 17.3 Å². The molecule has 0 saturated heterocycles. The minimum Gasteiger partial charge on any atom is -0.450 e. The van der Waals surface area contributed by atoms with E-state index in [0.29, 0.717) is 18.1 Å². The van der Waals surface area contributed by atoms with Gasteiger partial charge in [-0.1, -0.05) is 0 Å². The Morgan fingerprint density at radius 2 is 1.97 bits per heavy atom. The highest BCUT2D eigenvalue weighted by Gasteiger charge is 2.32. The van der Waals surface area contributed by atoms with Crippen molar-refractivity contribution in [3.05, 3.63) is 64.2 Å². The Morgan fingerprint density at radius 3 is 2.62 bits per heavy atom. The molecular formula is C22H19F3N10O2. The molecule has 4 heterocycles. The molecule has 37 heavy (non-hydrogen) atoms. The Kier molecular flexibility index (Phi) is 6.41. The molecule has 12 nitrogen and oxygen atoms in total. The second kappa shape index (κ2) is 9.49. The summed E-state index contributed by atoms with van der Waals surface area (Å²) in [6.45, 7) is 0. The number of aryl methyl sites for hydroxylation is 2. The largest absolute Gasteiger partial charge is 0.450 e. The number of rotatable bonds is 6. The van der Waals surface area contributed by atoms with Crippen LogP contribution in [0.25, 0.3) is 16.9 Å². The quantitative estimate of drug-likeness (QED) is 0.327. The van der Waals surface area contributed by atoms with Crippen LogP contribution in [0.4, 0.5) is 30.6 Å². The van der Waals surface area contributed by atoms with Crippen molar-refractivity contribution in [1.29, 1.82) is 5.26 Å². The van der Waals surface area contributed by atoms with Crippen molar-refractivity contribution in [2.75, 3.05) is 17.7 Å². The first-order chi connectivity index (χ1) is 17.6. The second-order valence-electron chi connectivity index (χ2n) is 7.59. The zero-order valence-corrected chi connectivity index (χ0v) is 19.6. The van der Waals surface area contributed by atoms with Gasteiger partial charge in [-0.2, -0.15) is 23.4 Å². The number of anilines is 3. The molecule has 0 amide bonds. The smallest absolute Gasteiger partial charge is 0.417 e. The molecule has 0 aliphatic heterocycles. The number of aromatic nitrogens is 6. The van der Waals surface area contributed by atoms with Gasteiger partial charge in [-0.3, -0.25) is 4.79 Å². The maximum absolute atomic E-state index is 13.3. The standard InChI is InChI=1S/C22H19F3N10O2/c1-28-18-16(29-4-5-30-18)14(8-27)37-15-9-31-19-17(12(15)7-26)35(3)21(33-19)32-13-6-11(22(23,24)25)10-34(2)20(13)36/h4-6,8-10H,27H2,1-3H3,(H,28,30)(H,31,32,33). The van der Waals surface area contributed by atoms with Gasteiger partial charge in [0.15, 0.2) is 23.0 Å². The molecule has 0 aromatic carbocycles. The van der Waals surface area contributed by atoms with E-state index in [1.807, 2.05) is 6.07 Å². The summed E-state index contributed by atoms with van der Waals surface area (Å²) < 4.78 is 47.8. The first-order valence-electron chi connectivity index (χ1n) is 10.5. The summed E-state index contributed by atoms with van der Waals surface area (Å²) in [7, 11) is 4.34. The van der Waals surface area contributed by atoms with Crippen molar-refractivity contribution < 1.29 is 17.9 Å². The second-order valence-corrected chi connectivity index (χ2v) is 7.59. The Hall–Kier alpha value is -5.13. The van der Waals surface area contributed by atoms with Crippen LogP contribution < -0.4 is 26.7 Å². The number of ether oxygens (including phenoxy) is 1. The lowest BCUT2D eigenvalue weighted by Crippen LogP contribution is -2.23. The van der Waals surface area contributed by atoms with Crippen molar-refractivity contribution in [2.45, 2.75) is 6.18 Å². The molecule has 0 unspecified atom stereocenters. The van der Waals surface area contributed by atoms with Gasteiger partial charge < -0.3 is 30.2 Å². The number of nitriles is 1. The SMILES string of the molecule is CNc1nccnc1C(=CN)Oc1cnc2nc(Nc3cc(C(F)(F)F)cn(C)c3=O)n(C)c2c1C#N. The third-order valence-electron chi connectivity index (χ3n) is 5.27. The summed E-state index contributed by atoms with van der Waals surface area (Å²) in [5, 5.41) is 15.4.